The second-order valence-corrected chi connectivity index (χ2v) is 6.51. The minimum atomic E-state index is -4.35. The second kappa shape index (κ2) is 7.92. The number of likely N-dealkylation sites (N-methyl/N-ethyl adjacent to an activating group) is 1. The van der Waals surface area contributed by atoms with Gasteiger partial charge in [0.25, 0.3) is 0 Å². The van der Waals surface area contributed by atoms with Crippen molar-refractivity contribution in [3.63, 3.8) is 0 Å². The first kappa shape index (κ1) is 17.9. The maximum Gasteiger partial charge on any atom is 0.446 e. The highest BCUT2D eigenvalue weighted by Gasteiger charge is 2.29. The third-order valence-corrected chi connectivity index (χ3v) is 4.14. The molecule has 1 fully saturated rings. The number of alkyl halides is 3. The molecule has 0 saturated carbocycles. The number of thioether (sulfide) groups is 1. The van der Waals surface area contributed by atoms with Crippen LogP contribution in [-0.4, -0.2) is 42.7 Å². The number of halogens is 3. The van der Waals surface area contributed by atoms with E-state index in [0.717, 1.165) is 19.3 Å². The highest BCUT2D eigenvalue weighted by atomic mass is 32.2. The molecular formula is C15H19F3N2O2S. The molecule has 1 unspecified atom stereocenters. The highest BCUT2D eigenvalue weighted by Crippen LogP contribution is 2.37. The number of nitrogens with one attached hydrogen (secondary N) is 1. The van der Waals surface area contributed by atoms with Gasteiger partial charge in [-0.3, -0.25) is 0 Å². The van der Waals surface area contributed by atoms with Crippen molar-refractivity contribution in [3.8, 4) is 0 Å². The lowest BCUT2D eigenvalue weighted by Gasteiger charge is -2.27. The summed E-state index contributed by atoms with van der Waals surface area (Å²) in [6.45, 7) is 1.17. The molecule has 2 rings (SSSR count). The molecule has 2 amide bonds. The van der Waals surface area contributed by atoms with Crippen molar-refractivity contribution in [2.75, 3.05) is 25.5 Å². The molecule has 1 aliphatic heterocycles. The number of carbonyl (C=O) groups is 1. The predicted octanol–water partition coefficient (Wildman–Crippen LogP) is 4.33. The number of benzene rings is 1. The maximum atomic E-state index is 12.4. The van der Waals surface area contributed by atoms with Crippen molar-refractivity contribution in [3.05, 3.63) is 24.3 Å². The van der Waals surface area contributed by atoms with Crippen molar-refractivity contribution in [2.24, 2.45) is 0 Å². The van der Waals surface area contributed by atoms with Crippen LogP contribution in [0.25, 0.3) is 0 Å². The largest absolute Gasteiger partial charge is 0.446 e. The van der Waals surface area contributed by atoms with Crippen molar-refractivity contribution >= 4 is 23.5 Å². The van der Waals surface area contributed by atoms with Crippen LogP contribution in [0.5, 0.6) is 0 Å². The Bertz CT molecular complexity index is 534. The Morgan fingerprint density at radius 1 is 1.43 bits per heavy atom. The number of carbonyl (C=O) groups excluding carboxylic acids is 1. The van der Waals surface area contributed by atoms with Crippen molar-refractivity contribution < 1.29 is 22.7 Å². The average Bonchev–Trinajstić information content (AvgIpc) is 2.46. The van der Waals surface area contributed by atoms with Gasteiger partial charge in [-0.2, -0.15) is 13.2 Å². The summed E-state index contributed by atoms with van der Waals surface area (Å²) >= 11 is -0.206. The van der Waals surface area contributed by atoms with Crippen LogP contribution in [0.1, 0.15) is 19.3 Å². The summed E-state index contributed by atoms with van der Waals surface area (Å²) < 4.78 is 42.7. The molecule has 0 spiro atoms. The van der Waals surface area contributed by atoms with Crippen LogP contribution in [-0.2, 0) is 4.74 Å². The van der Waals surface area contributed by atoms with Gasteiger partial charge in [0.15, 0.2) is 0 Å². The fraction of sp³-hybridized carbons (Fsp3) is 0.533. The summed E-state index contributed by atoms with van der Waals surface area (Å²) in [4.78, 5) is 13.6. The van der Waals surface area contributed by atoms with Gasteiger partial charge in [0, 0.05) is 30.8 Å². The van der Waals surface area contributed by atoms with Crippen LogP contribution in [0.15, 0.2) is 29.2 Å². The number of ether oxygens (including phenoxy) is 1. The van der Waals surface area contributed by atoms with E-state index in [-0.39, 0.29) is 28.8 Å². The maximum absolute atomic E-state index is 12.4. The Labute approximate surface area is 137 Å². The molecule has 1 heterocycles. The van der Waals surface area contributed by atoms with Gasteiger partial charge in [0.2, 0.25) is 0 Å². The highest BCUT2D eigenvalue weighted by molar-refractivity contribution is 8.00. The van der Waals surface area contributed by atoms with Gasteiger partial charge >= 0.3 is 11.5 Å². The number of hydrogen-bond acceptors (Lipinski definition) is 3. The molecule has 1 atom stereocenters. The van der Waals surface area contributed by atoms with Crippen LogP contribution in [0.2, 0.25) is 0 Å². The van der Waals surface area contributed by atoms with E-state index in [1.54, 1.807) is 13.1 Å². The number of urea groups is 1. The number of rotatable bonds is 4. The zero-order chi connectivity index (χ0) is 16.9. The van der Waals surface area contributed by atoms with E-state index in [2.05, 4.69) is 5.32 Å². The minimum absolute atomic E-state index is 0.0200. The summed E-state index contributed by atoms with van der Waals surface area (Å²) in [7, 11) is 1.64. The first-order valence-electron chi connectivity index (χ1n) is 7.33. The lowest BCUT2D eigenvalue weighted by Crippen LogP contribution is -2.39. The first-order chi connectivity index (χ1) is 10.8. The molecule has 1 aliphatic rings. The van der Waals surface area contributed by atoms with E-state index in [4.69, 9.17) is 4.74 Å². The van der Waals surface area contributed by atoms with Crippen LogP contribution in [0.3, 0.4) is 0 Å². The summed E-state index contributed by atoms with van der Waals surface area (Å²) in [5, 5.41) is 2.61. The number of anilines is 1. The predicted molar refractivity (Wildman–Crippen MR) is 83.6 cm³/mol. The standard InChI is InChI=1S/C15H19F3N2O2S/c1-20(10-12-6-2-3-8-22-12)14(21)19-11-5-4-7-13(9-11)23-15(16,17)18/h4-5,7,9,12H,2-3,6,8,10H2,1H3,(H,19,21). The summed E-state index contributed by atoms with van der Waals surface area (Å²) in [6, 6.07) is 5.33. The van der Waals surface area contributed by atoms with Crippen molar-refractivity contribution in [2.45, 2.75) is 35.8 Å². The molecule has 8 heteroatoms. The SMILES string of the molecule is CN(CC1CCCCO1)C(=O)Nc1cccc(SC(F)(F)F)c1. The lowest BCUT2D eigenvalue weighted by molar-refractivity contribution is -0.0328. The van der Waals surface area contributed by atoms with Crippen molar-refractivity contribution in [1.29, 1.82) is 0 Å². The first-order valence-corrected chi connectivity index (χ1v) is 8.15. The molecule has 0 bridgehead atoms. The Morgan fingerprint density at radius 3 is 2.87 bits per heavy atom. The Morgan fingerprint density at radius 2 is 2.22 bits per heavy atom. The molecule has 1 aromatic carbocycles. The van der Waals surface area contributed by atoms with E-state index in [0.29, 0.717) is 18.8 Å². The van der Waals surface area contributed by atoms with E-state index in [1.807, 2.05) is 0 Å². The Kier molecular flexibility index (Phi) is 6.17. The molecular weight excluding hydrogens is 329 g/mol. The molecule has 128 valence electrons. The van der Waals surface area contributed by atoms with Crippen LogP contribution in [0, 0.1) is 0 Å². The second-order valence-electron chi connectivity index (χ2n) is 5.37. The van der Waals surface area contributed by atoms with Gasteiger partial charge in [-0.05, 0) is 49.2 Å². The topological polar surface area (TPSA) is 41.6 Å². The molecule has 0 aromatic heterocycles. The zero-order valence-corrected chi connectivity index (χ0v) is 13.5. The monoisotopic (exact) mass is 348 g/mol. The number of hydrogen-bond donors (Lipinski definition) is 1. The zero-order valence-electron chi connectivity index (χ0n) is 12.7. The van der Waals surface area contributed by atoms with Crippen LogP contribution in [0.4, 0.5) is 23.7 Å². The minimum Gasteiger partial charge on any atom is -0.376 e. The summed E-state index contributed by atoms with van der Waals surface area (Å²) in [6.07, 6.45) is 3.05. The molecule has 0 aliphatic carbocycles. The van der Waals surface area contributed by atoms with Gasteiger partial charge in [0.1, 0.15) is 0 Å². The molecule has 1 saturated heterocycles. The van der Waals surface area contributed by atoms with Gasteiger partial charge in [-0.25, -0.2) is 4.79 Å². The number of amides is 2. The lowest BCUT2D eigenvalue weighted by atomic mass is 10.1. The quantitative estimate of drug-likeness (QED) is 0.824. The molecule has 4 nitrogen and oxygen atoms in total. The van der Waals surface area contributed by atoms with Gasteiger partial charge in [-0.15, -0.1) is 0 Å². The normalized spacial score (nSPS) is 18.5. The molecule has 1 aromatic rings. The summed E-state index contributed by atoms with van der Waals surface area (Å²) in [5.74, 6) is 0. The summed E-state index contributed by atoms with van der Waals surface area (Å²) in [5.41, 5.74) is -4.02. The van der Waals surface area contributed by atoms with E-state index in [9.17, 15) is 18.0 Å². The molecule has 23 heavy (non-hydrogen) atoms. The Hall–Kier alpha value is -1.41. The van der Waals surface area contributed by atoms with Crippen LogP contribution < -0.4 is 5.32 Å². The smallest absolute Gasteiger partial charge is 0.376 e. The third-order valence-electron chi connectivity index (χ3n) is 3.42. The average molecular weight is 348 g/mol. The molecule has 0 radical (unpaired) electrons. The van der Waals surface area contributed by atoms with Crippen molar-refractivity contribution in [1.82, 2.24) is 4.90 Å². The third kappa shape index (κ3) is 6.31. The van der Waals surface area contributed by atoms with Crippen LogP contribution >= 0.6 is 11.8 Å². The van der Waals surface area contributed by atoms with Gasteiger partial charge < -0.3 is 15.0 Å². The fourth-order valence-electron chi connectivity index (χ4n) is 2.33. The Balaban J connectivity index is 1.90. The van der Waals surface area contributed by atoms with Gasteiger partial charge in [-0.1, -0.05) is 6.07 Å². The van der Waals surface area contributed by atoms with Gasteiger partial charge in [0.05, 0.1) is 6.10 Å². The van der Waals surface area contributed by atoms with E-state index >= 15 is 0 Å². The fourth-order valence-corrected chi connectivity index (χ4v) is 2.93. The van der Waals surface area contributed by atoms with E-state index in [1.165, 1.54) is 23.1 Å². The molecule has 1 N–H and O–H groups in total. The number of nitrogens with zero attached hydrogens (tertiary/aromatic N) is 1. The van der Waals surface area contributed by atoms with E-state index < -0.39 is 5.51 Å².